The summed E-state index contributed by atoms with van der Waals surface area (Å²) in [6.07, 6.45) is 1.69. The minimum Gasteiger partial charge on any atom is -0.381 e. The first-order valence-corrected chi connectivity index (χ1v) is 4.17. The number of hydrogen-bond donors (Lipinski definition) is 1. The van der Waals surface area contributed by atoms with Crippen LogP contribution in [0.15, 0.2) is 0 Å². The van der Waals surface area contributed by atoms with E-state index in [0.29, 0.717) is 12.3 Å². The average molecular weight is 157 g/mol. The Bertz CT molecular complexity index is 136. The van der Waals surface area contributed by atoms with E-state index < -0.39 is 0 Å². The highest BCUT2D eigenvalue weighted by Crippen LogP contribution is 2.08. The second kappa shape index (κ2) is 4.34. The zero-order chi connectivity index (χ0) is 8.10. The van der Waals surface area contributed by atoms with E-state index in [1.807, 2.05) is 0 Å². The van der Waals surface area contributed by atoms with Crippen molar-refractivity contribution in [2.75, 3.05) is 19.8 Å². The van der Waals surface area contributed by atoms with Crippen LogP contribution in [0.5, 0.6) is 0 Å². The van der Waals surface area contributed by atoms with Crippen LogP contribution < -0.4 is 5.32 Å². The van der Waals surface area contributed by atoms with Crippen LogP contribution in [0.3, 0.4) is 0 Å². The first-order chi connectivity index (χ1) is 5.33. The summed E-state index contributed by atoms with van der Waals surface area (Å²) in [6.45, 7) is 4.41. The van der Waals surface area contributed by atoms with E-state index in [4.69, 9.17) is 4.74 Å². The van der Waals surface area contributed by atoms with Gasteiger partial charge in [-0.3, -0.25) is 4.79 Å². The lowest BCUT2D eigenvalue weighted by Crippen LogP contribution is -2.15. The molecule has 0 bridgehead atoms. The lowest BCUT2D eigenvalue weighted by Gasteiger charge is -2.06. The number of carbonyl (C=O) groups excluding carboxylic acids is 1. The minimum absolute atomic E-state index is 0.162. The molecule has 1 aliphatic heterocycles. The second-order valence-electron chi connectivity index (χ2n) is 2.95. The number of nitrogens with one attached hydrogen (secondary N) is 1. The van der Waals surface area contributed by atoms with Gasteiger partial charge in [0.25, 0.3) is 0 Å². The predicted octanol–water partition coefficient (Wildman–Crippen LogP) is 0.549. The van der Waals surface area contributed by atoms with Crippen molar-refractivity contribution in [3.63, 3.8) is 0 Å². The maximum Gasteiger partial charge on any atom is 0.220 e. The summed E-state index contributed by atoms with van der Waals surface area (Å²) in [4.78, 5) is 10.7. The molecule has 0 unspecified atom stereocenters. The lowest BCUT2D eigenvalue weighted by atomic mass is 10.1. The first-order valence-electron chi connectivity index (χ1n) is 4.17. The zero-order valence-corrected chi connectivity index (χ0v) is 6.93. The SMILES string of the molecule is CCCOC[C@@H]1CNC(=O)C1. The fourth-order valence-electron chi connectivity index (χ4n) is 1.18. The fourth-order valence-corrected chi connectivity index (χ4v) is 1.18. The van der Waals surface area contributed by atoms with Crippen molar-refractivity contribution in [2.45, 2.75) is 19.8 Å². The van der Waals surface area contributed by atoms with Crippen LogP contribution in [0.2, 0.25) is 0 Å². The van der Waals surface area contributed by atoms with Gasteiger partial charge in [-0.25, -0.2) is 0 Å². The van der Waals surface area contributed by atoms with Gasteiger partial charge >= 0.3 is 0 Å². The van der Waals surface area contributed by atoms with Crippen molar-refractivity contribution < 1.29 is 9.53 Å². The number of amides is 1. The molecule has 1 aliphatic rings. The predicted molar refractivity (Wildman–Crippen MR) is 42.2 cm³/mol. The topological polar surface area (TPSA) is 38.3 Å². The van der Waals surface area contributed by atoms with Gasteiger partial charge in [0.05, 0.1) is 6.61 Å². The highest BCUT2D eigenvalue weighted by molar-refractivity contribution is 5.78. The Morgan fingerprint density at radius 2 is 2.55 bits per heavy atom. The summed E-state index contributed by atoms with van der Waals surface area (Å²) >= 11 is 0. The van der Waals surface area contributed by atoms with Crippen molar-refractivity contribution in [2.24, 2.45) is 5.92 Å². The zero-order valence-electron chi connectivity index (χ0n) is 6.93. The summed E-state index contributed by atoms with van der Waals surface area (Å²) in [7, 11) is 0. The molecule has 0 aromatic heterocycles. The van der Waals surface area contributed by atoms with Crippen LogP contribution in [0.4, 0.5) is 0 Å². The van der Waals surface area contributed by atoms with E-state index in [1.54, 1.807) is 0 Å². The van der Waals surface area contributed by atoms with E-state index in [1.165, 1.54) is 0 Å². The molecule has 0 aliphatic carbocycles. The molecule has 0 aromatic rings. The molecule has 3 heteroatoms. The minimum atomic E-state index is 0.162. The average Bonchev–Trinajstić information content (AvgIpc) is 2.37. The van der Waals surface area contributed by atoms with Crippen molar-refractivity contribution >= 4 is 5.91 Å². The van der Waals surface area contributed by atoms with Gasteiger partial charge in [-0.05, 0) is 6.42 Å². The molecule has 1 amide bonds. The second-order valence-corrected chi connectivity index (χ2v) is 2.95. The maximum atomic E-state index is 10.7. The molecule has 1 rings (SSSR count). The van der Waals surface area contributed by atoms with E-state index in [0.717, 1.165) is 26.2 Å². The molecule has 3 nitrogen and oxygen atoms in total. The van der Waals surface area contributed by atoms with Crippen LogP contribution in [0.25, 0.3) is 0 Å². The van der Waals surface area contributed by atoms with Gasteiger partial charge in [0.1, 0.15) is 0 Å². The van der Waals surface area contributed by atoms with Gasteiger partial charge in [0, 0.05) is 25.5 Å². The van der Waals surface area contributed by atoms with Crippen LogP contribution in [-0.2, 0) is 9.53 Å². The van der Waals surface area contributed by atoms with Crippen molar-refractivity contribution in [3.8, 4) is 0 Å². The molecule has 64 valence electrons. The van der Waals surface area contributed by atoms with E-state index in [2.05, 4.69) is 12.2 Å². The fraction of sp³-hybridized carbons (Fsp3) is 0.875. The quantitative estimate of drug-likeness (QED) is 0.605. The molecule has 1 N–H and O–H groups in total. The molecular weight excluding hydrogens is 142 g/mol. The van der Waals surface area contributed by atoms with Gasteiger partial charge in [0.15, 0.2) is 0 Å². The molecule has 11 heavy (non-hydrogen) atoms. The molecule has 0 aromatic carbocycles. The largest absolute Gasteiger partial charge is 0.381 e. The molecule has 1 saturated heterocycles. The molecule has 1 atom stereocenters. The number of ether oxygens (including phenoxy) is 1. The maximum absolute atomic E-state index is 10.7. The van der Waals surface area contributed by atoms with E-state index in [-0.39, 0.29) is 5.91 Å². The molecule has 0 spiro atoms. The van der Waals surface area contributed by atoms with E-state index >= 15 is 0 Å². The van der Waals surface area contributed by atoms with Crippen LogP contribution >= 0.6 is 0 Å². The first kappa shape index (κ1) is 8.53. The highest BCUT2D eigenvalue weighted by atomic mass is 16.5. The van der Waals surface area contributed by atoms with Gasteiger partial charge in [-0.15, -0.1) is 0 Å². The Kier molecular flexibility index (Phi) is 3.36. The summed E-state index contributed by atoms with van der Waals surface area (Å²) in [5.41, 5.74) is 0. The van der Waals surface area contributed by atoms with Crippen LogP contribution in [0.1, 0.15) is 19.8 Å². The smallest absolute Gasteiger partial charge is 0.220 e. The van der Waals surface area contributed by atoms with Crippen LogP contribution in [0, 0.1) is 5.92 Å². The summed E-state index contributed by atoms with van der Waals surface area (Å²) < 4.78 is 5.32. The van der Waals surface area contributed by atoms with Crippen LogP contribution in [-0.4, -0.2) is 25.7 Å². The Morgan fingerprint density at radius 3 is 3.09 bits per heavy atom. The highest BCUT2D eigenvalue weighted by Gasteiger charge is 2.20. The molecule has 1 fully saturated rings. The molecular formula is C8H15NO2. The third-order valence-electron chi connectivity index (χ3n) is 1.76. The molecule has 0 radical (unpaired) electrons. The number of rotatable bonds is 4. The standard InChI is InChI=1S/C8H15NO2/c1-2-3-11-6-7-4-8(10)9-5-7/h7H,2-6H2,1H3,(H,9,10)/t7-/m0/s1. The Balaban J connectivity index is 2.04. The van der Waals surface area contributed by atoms with Crippen molar-refractivity contribution in [3.05, 3.63) is 0 Å². The lowest BCUT2D eigenvalue weighted by molar-refractivity contribution is -0.119. The van der Waals surface area contributed by atoms with Gasteiger partial charge in [-0.1, -0.05) is 6.92 Å². The summed E-state index contributed by atoms with van der Waals surface area (Å²) in [6, 6.07) is 0. The third-order valence-corrected chi connectivity index (χ3v) is 1.76. The Hall–Kier alpha value is -0.570. The third kappa shape index (κ3) is 2.89. The van der Waals surface area contributed by atoms with Gasteiger partial charge < -0.3 is 10.1 Å². The van der Waals surface area contributed by atoms with Gasteiger partial charge in [-0.2, -0.15) is 0 Å². The summed E-state index contributed by atoms with van der Waals surface area (Å²) in [5, 5.41) is 2.78. The van der Waals surface area contributed by atoms with Crippen molar-refractivity contribution in [1.82, 2.24) is 5.32 Å². The van der Waals surface area contributed by atoms with E-state index in [9.17, 15) is 4.79 Å². The Labute approximate surface area is 67.1 Å². The summed E-state index contributed by atoms with van der Waals surface area (Å²) in [5.74, 6) is 0.573. The normalized spacial score (nSPS) is 23.7. The molecule has 0 saturated carbocycles. The monoisotopic (exact) mass is 157 g/mol. The number of hydrogen-bond acceptors (Lipinski definition) is 2. The van der Waals surface area contributed by atoms with Gasteiger partial charge in [0.2, 0.25) is 5.91 Å². The van der Waals surface area contributed by atoms with Crippen molar-refractivity contribution in [1.29, 1.82) is 0 Å². The molecule has 1 heterocycles. The Morgan fingerprint density at radius 1 is 1.73 bits per heavy atom. The number of carbonyl (C=O) groups is 1.